The van der Waals surface area contributed by atoms with E-state index in [0.717, 1.165) is 0 Å². The fraction of sp³-hybridized carbons (Fsp3) is 0.529. The van der Waals surface area contributed by atoms with Gasteiger partial charge >= 0.3 is 6.03 Å². The molecular weight excluding hydrogens is 294 g/mol. The first kappa shape index (κ1) is 15.6. The van der Waals surface area contributed by atoms with Crippen molar-refractivity contribution in [3.8, 4) is 5.75 Å². The van der Waals surface area contributed by atoms with E-state index >= 15 is 0 Å². The number of ether oxygens (including phenoxy) is 1. The molecule has 0 aromatic heterocycles. The van der Waals surface area contributed by atoms with E-state index in [1.165, 1.54) is 39.7 Å². The Bertz CT molecular complexity index is 597. The van der Waals surface area contributed by atoms with E-state index in [1.807, 2.05) is 0 Å². The molecule has 2 fully saturated rings. The quantitative estimate of drug-likeness (QED) is 0.754. The van der Waals surface area contributed by atoms with Crippen LogP contribution in [0.1, 0.15) is 32.6 Å². The summed E-state index contributed by atoms with van der Waals surface area (Å²) in [5.74, 6) is 1.66. The van der Waals surface area contributed by atoms with Gasteiger partial charge < -0.3 is 20.7 Å². The van der Waals surface area contributed by atoms with Gasteiger partial charge in [0, 0.05) is 24.7 Å². The molecule has 1 aromatic carbocycles. The summed E-state index contributed by atoms with van der Waals surface area (Å²) in [5, 5.41) is 8.65. The zero-order chi connectivity index (χ0) is 16.4. The largest absolute Gasteiger partial charge is 0.494 e. The van der Waals surface area contributed by atoms with Crippen LogP contribution in [-0.4, -0.2) is 25.1 Å². The fourth-order valence-electron chi connectivity index (χ4n) is 2.91. The number of urea groups is 1. The predicted octanol–water partition coefficient (Wildman–Crippen LogP) is 2.96. The van der Waals surface area contributed by atoms with Crippen molar-refractivity contribution in [2.75, 3.05) is 17.7 Å². The Labute approximate surface area is 136 Å². The molecule has 0 spiro atoms. The summed E-state index contributed by atoms with van der Waals surface area (Å²) in [6.45, 7) is 1.44. The number of hydrogen-bond acceptors (Lipinski definition) is 3. The fourth-order valence-corrected chi connectivity index (χ4v) is 2.91. The topological polar surface area (TPSA) is 79.5 Å². The van der Waals surface area contributed by atoms with Gasteiger partial charge in [-0.3, -0.25) is 4.79 Å². The normalized spacial score (nSPS) is 16.8. The summed E-state index contributed by atoms with van der Waals surface area (Å²) in [6.07, 6.45) is 4.89. The number of carbonyl (C=O) groups is 2. The minimum absolute atomic E-state index is 0.168. The molecule has 3 amide bonds. The Morgan fingerprint density at radius 3 is 2.30 bits per heavy atom. The average Bonchev–Trinajstić information content (AvgIpc) is 3.38. The van der Waals surface area contributed by atoms with Gasteiger partial charge in [0.15, 0.2) is 0 Å². The van der Waals surface area contributed by atoms with Crippen molar-refractivity contribution < 1.29 is 14.3 Å². The maximum Gasteiger partial charge on any atom is 0.319 e. The summed E-state index contributed by atoms with van der Waals surface area (Å²) in [6, 6.07) is 5.30. The van der Waals surface area contributed by atoms with Crippen LogP contribution >= 0.6 is 0 Å². The molecule has 0 heterocycles. The Kier molecular flexibility index (Phi) is 4.41. The molecule has 2 aliphatic carbocycles. The van der Waals surface area contributed by atoms with Gasteiger partial charge in [-0.1, -0.05) is 0 Å². The molecule has 124 valence electrons. The van der Waals surface area contributed by atoms with Crippen molar-refractivity contribution in [3.05, 3.63) is 18.2 Å². The molecule has 0 radical (unpaired) electrons. The highest BCUT2D eigenvalue weighted by molar-refractivity contribution is 5.93. The van der Waals surface area contributed by atoms with E-state index in [9.17, 15) is 9.59 Å². The van der Waals surface area contributed by atoms with Crippen molar-refractivity contribution in [2.45, 2.75) is 38.6 Å². The maximum absolute atomic E-state index is 12.2. The number of hydrogen-bond donors (Lipinski definition) is 3. The first-order valence-corrected chi connectivity index (χ1v) is 8.10. The van der Waals surface area contributed by atoms with Crippen molar-refractivity contribution >= 4 is 23.3 Å². The molecular formula is C17H23N3O3. The van der Waals surface area contributed by atoms with Crippen LogP contribution in [0.25, 0.3) is 0 Å². The predicted molar refractivity (Wildman–Crippen MR) is 88.7 cm³/mol. The Hall–Kier alpha value is -2.24. The molecule has 0 saturated heterocycles. The number of amides is 3. The standard InChI is InChI=1S/C17H23N3O3/c1-10(21)18-14-8-7-13(9-15(14)23-2)19-17(22)20-16(11-3-4-11)12-5-6-12/h7-9,11-12,16H,3-6H2,1-2H3,(H,18,21)(H2,19,20,22). The van der Waals surface area contributed by atoms with Gasteiger partial charge in [-0.05, 0) is 49.7 Å². The van der Waals surface area contributed by atoms with E-state index in [1.54, 1.807) is 18.2 Å². The molecule has 3 N–H and O–H groups in total. The van der Waals surface area contributed by atoms with Gasteiger partial charge in [0.25, 0.3) is 0 Å². The second-order valence-electron chi connectivity index (χ2n) is 6.40. The SMILES string of the molecule is COc1cc(NC(=O)NC(C2CC2)C2CC2)ccc1NC(C)=O. The summed E-state index contributed by atoms with van der Waals surface area (Å²) < 4.78 is 5.26. The summed E-state index contributed by atoms with van der Waals surface area (Å²) >= 11 is 0. The second-order valence-corrected chi connectivity index (χ2v) is 6.40. The van der Waals surface area contributed by atoms with Gasteiger partial charge in [0.2, 0.25) is 5.91 Å². The molecule has 3 rings (SSSR count). The van der Waals surface area contributed by atoms with E-state index in [2.05, 4.69) is 16.0 Å². The van der Waals surface area contributed by atoms with Crippen molar-refractivity contribution in [3.63, 3.8) is 0 Å². The van der Waals surface area contributed by atoms with Crippen molar-refractivity contribution in [1.82, 2.24) is 5.32 Å². The number of benzene rings is 1. The minimum Gasteiger partial charge on any atom is -0.494 e. The lowest BCUT2D eigenvalue weighted by atomic mass is 10.1. The summed E-state index contributed by atoms with van der Waals surface area (Å²) in [7, 11) is 1.53. The van der Waals surface area contributed by atoms with E-state index < -0.39 is 0 Å². The number of anilines is 2. The van der Waals surface area contributed by atoms with Crippen LogP contribution in [0.5, 0.6) is 5.75 Å². The van der Waals surface area contributed by atoms with Crippen LogP contribution in [0.2, 0.25) is 0 Å². The van der Waals surface area contributed by atoms with E-state index in [4.69, 9.17) is 4.74 Å². The van der Waals surface area contributed by atoms with E-state index in [-0.39, 0.29) is 11.9 Å². The Balaban J connectivity index is 1.62. The average molecular weight is 317 g/mol. The van der Waals surface area contributed by atoms with Crippen molar-refractivity contribution in [1.29, 1.82) is 0 Å². The Morgan fingerprint density at radius 1 is 1.13 bits per heavy atom. The lowest BCUT2D eigenvalue weighted by Crippen LogP contribution is -2.40. The molecule has 23 heavy (non-hydrogen) atoms. The molecule has 6 nitrogen and oxygen atoms in total. The number of nitrogens with one attached hydrogen (secondary N) is 3. The van der Waals surface area contributed by atoms with Crippen LogP contribution in [0.3, 0.4) is 0 Å². The molecule has 0 aliphatic heterocycles. The van der Waals surface area contributed by atoms with Gasteiger partial charge in [0.1, 0.15) is 5.75 Å². The molecule has 6 heteroatoms. The molecule has 0 unspecified atom stereocenters. The lowest BCUT2D eigenvalue weighted by molar-refractivity contribution is -0.114. The molecule has 2 saturated carbocycles. The highest BCUT2D eigenvalue weighted by Crippen LogP contribution is 2.44. The molecule has 0 atom stereocenters. The van der Waals surface area contributed by atoms with E-state index in [0.29, 0.717) is 35.0 Å². The van der Waals surface area contributed by atoms with Gasteiger partial charge in [-0.2, -0.15) is 0 Å². The zero-order valence-corrected chi connectivity index (χ0v) is 13.5. The molecule has 1 aromatic rings. The number of methoxy groups -OCH3 is 1. The molecule has 2 aliphatic rings. The third-order valence-electron chi connectivity index (χ3n) is 4.33. The minimum atomic E-state index is -0.178. The highest BCUT2D eigenvalue weighted by Gasteiger charge is 2.42. The first-order valence-electron chi connectivity index (χ1n) is 8.10. The maximum atomic E-state index is 12.2. The van der Waals surface area contributed by atoms with Crippen molar-refractivity contribution in [2.24, 2.45) is 11.8 Å². The lowest BCUT2D eigenvalue weighted by Gasteiger charge is -2.18. The smallest absolute Gasteiger partial charge is 0.319 e. The number of rotatable bonds is 6. The molecule has 0 bridgehead atoms. The van der Waals surface area contributed by atoms with Gasteiger partial charge in [0.05, 0.1) is 12.8 Å². The zero-order valence-electron chi connectivity index (χ0n) is 13.5. The van der Waals surface area contributed by atoms with Crippen LogP contribution in [0.4, 0.5) is 16.2 Å². The van der Waals surface area contributed by atoms with Crippen LogP contribution in [0, 0.1) is 11.8 Å². The number of carbonyl (C=O) groups excluding carboxylic acids is 2. The Morgan fingerprint density at radius 2 is 1.78 bits per heavy atom. The summed E-state index contributed by atoms with van der Waals surface area (Å²) in [4.78, 5) is 23.4. The first-order chi connectivity index (χ1) is 11.1. The highest BCUT2D eigenvalue weighted by atomic mass is 16.5. The van der Waals surface area contributed by atoms with Crippen LogP contribution < -0.4 is 20.7 Å². The summed E-state index contributed by atoms with van der Waals surface area (Å²) in [5.41, 5.74) is 1.22. The van der Waals surface area contributed by atoms with Gasteiger partial charge in [-0.15, -0.1) is 0 Å². The third kappa shape index (κ3) is 4.15. The van der Waals surface area contributed by atoms with Crippen LogP contribution in [-0.2, 0) is 4.79 Å². The second kappa shape index (κ2) is 6.48. The monoisotopic (exact) mass is 317 g/mol. The third-order valence-corrected chi connectivity index (χ3v) is 4.33. The van der Waals surface area contributed by atoms with Gasteiger partial charge in [-0.25, -0.2) is 4.79 Å². The van der Waals surface area contributed by atoms with Crippen LogP contribution in [0.15, 0.2) is 18.2 Å².